The average molecular weight is 852 g/mol. The van der Waals surface area contributed by atoms with Gasteiger partial charge in [-0.05, 0) is 103 Å². The summed E-state index contributed by atoms with van der Waals surface area (Å²) in [5, 5.41) is 1.06. The van der Waals surface area contributed by atoms with Gasteiger partial charge in [-0.1, -0.05) is 58.3 Å². The van der Waals surface area contributed by atoms with E-state index in [1.54, 1.807) is 86.7 Å². The van der Waals surface area contributed by atoms with Crippen LogP contribution in [-0.4, -0.2) is 93.4 Å². The summed E-state index contributed by atoms with van der Waals surface area (Å²) in [5.74, 6) is -0.585. The van der Waals surface area contributed by atoms with Gasteiger partial charge in [-0.3, -0.25) is 9.69 Å². The Bertz CT molecular complexity index is 2000. The van der Waals surface area contributed by atoms with Gasteiger partial charge in [-0.2, -0.15) is 0 Å². The first-order valence-electron chi connectivity index (χ1n) is 18.4. The SMILES string of the molecule is Cc1cc(Cl)c(OCCOc2ncc(C3=C(C(=O)N(Cc4cccc(F)c4Cl)C4CC4)C4CN(C(=O)OC(C)(C)C)CC(C3)N4C(=O)OC(C)(C)C)s2)c(Cl)c1. The number of fused-ring (bicyclic) bond motifs is 2. The van der Waals surface area contributed by atoms with Crippen molar-refractivity contribution >= 4 is 69.8 Å². The molecule has 1 saturated heterocycles. The molecule has 16 heteroatoms. The highest BCUT2D eigenvalue weighted by Crippen LogP contribution is 2.44. The number of rotatable bonds is 10. The lowest BCUT2D eigenvalue weighted by atomic mass is 9.83. The van der Waals surface area contributed by atoms with Crippen LogP contribution in [-0.2, 0) is 20.8 Å². The molecule has 2 aromatic carbocycles. The predicted molar refractivity (Wildman–Crippen MR) is 214 cm³/mol. The first-order valence-corrected chi connectivity index (χ1v) is 20.4. The minimum atomic E-state index is -0.916. The van der Waals surface area contributed by atoms with Gasteiger partial charge in [0, 0.05) is 37.4 Å². The van der Waals surface area contributed by atoms with Gasteiger partial charge in [0.1, 0.15) is 30.2 Å². The van der Waals surface area contributed by atoms with E-state index in [4.69, 9.17) is 53.8 Å². The van der Waals surface area contributed by atoms with Crippen molar-refractivity contribution in [1.82, 2.24) is 19.7 Å². The number of thiazole rings is 1. The van der Waals surface area contributed by atoms with E-state index in [0.717, 1.165) is 18.4 Å². The Morgan fingerprint density at radius 1 is 0.946 bits per heavy atom. The van der Waals surface area contributed by atoms with E-state index in [1.807, 2.05) is 6.92 Å². The number of hydrogen-bond acceptors (Lipinski definition) is 9. The minimum Gasteiger partial charge on any atom is -0.487 e. The van der Waals surface area contributed by atoms with Crippen LogP contribution >= 0.6 is 46.1 Å². The number of ether oxygens (including phenoxy) is 4. The number of aromatic nitrogens is 1. The molecule has 3 aromatic rings. The molecular weight excluding hydrogens is 806 g/mol. The van der Waals surface area contributed by atoms with E-state index < -0.39 is 41.3 Å². The molecule has 56 heavy (non-hydrogen) atoms. The lowest BCUT2D eigenvalue weighted by Crippen LogP contribution is -2.66. The van der Waals surface area contributed by atoms with Crippen LogP contribution in [0.3, 0.4) is 0 Å². The molecule has 2 atom stereocenters. The molecule has 11 nitrogen and oxygen atoms in total. The van der Waals surface area contributed by atoms with Gasteiger partial charge in [0.15, 0.2) is 5.75 Å². The Hall–Kier alpha value is -3.78. The molecule has 2 aliphatic heterocycles. The van der Waals surface area contributed by atoms with E-state index >= 15 is 4.79 Å². The fourth-order valence-corrected chi connectivity index (χ4v) is 8.55. The summed E-state index contributed by atoms with van der Waals surface area (Å²) in [7, 11) is 0. The molecule has 302 valence electrons. The van der Waals surface area contributed by atoms with E-state index in [-0.39, 0.29) is 56.2 Å². The van der Waals surface area contributed by atoms with E-state index in [9.17, 15) is 14.0 Å². The summed E-state index contributed by atoms with van der Waals surface area (Å²) in [5.41, 5.74) is 0.734. The van der Waals surface area contributed by atoms with Crippen molar-refractivity contribution in [3.63, 3.8) is 0 Å². The van der Waals surface area contributed by atoms with Crippen LogP contribution < -0.4 is 9.47 Å². The quantitative estimate of drug-likeness (QED) is 0.186. The molecule has 2 fully saturated rings. The van der Waals surface area contributed by atoms with Crippen LogP contribution in [0.5, 0.6) is 10.9 Å². The number of carbonyl (C=O) groups is 3. The zero-order valence-electron chi connectivity index (χ0n) is 32.4. The van der Waals surface area contributed by atoms with Crippen molar-refractivity contribution in [1.29, 1.82) is 0 Å². The molecule has 3 heterocycles. The summed E-state index contributed by atoms with van der Waals surface area (Å²) >= 11 is 20.3. The van der Waals surface area contributed by atoms with Gasteiger partial charge in [-0.15, -0.1) is 0 Å². The highest BCUT2D eigenvalue weighted by molar-refractivity contribution is 7.14. The molecule has 1 aromatic heterocycles. The fourth-order valence-electron chi connectivity index (χ4n) is 6.80. The normalized spacial score (nSPS) is 18.5. The highest BCUT2D eigenvalue weighted by atomic mass is 35.5. The number of amides is 3. The molecule has 0 N–H and O–H groups in total. The standard InChI is InChI=1S/C40H46Cl3FN4O7S/c1-22-15-27(41)34(28(42)16-22)52-13-14-53-36-45-18-31(56-36)26-17-25-20-46(37(50)54-39(2,3)4)21-30(48(25)38(51)55-40(5,6)7)32(26)35(49)47(24-11-12-24)19-23-9-8-10-29(44)33(23)43/h8-10,15-16,18,24-25,30H,11-14,17,19-21H2,1-7H3. The molecule has 6 rings (SSSR count). The maximum absolute atomic E-state index is 15.2. The van der Waals surface area contributed by atoms with E-state index in [1.165, 1.54) is 17.4 Å². The first kappa shape index (κ1) is 41.8. The monoisotopic (exact) mass is 850 g/mol. The molecular formula is C40H46Cl3FN4O7S. The second kappa shape index (κ2) is 16.6. The summed E-state index contributed by atoms with van der Waals surface area (Å²) in [4.78, 5) is 52.8. The summed E-state index contributed by atoms with van der Waals surface area (Å²) in [6.45, 7) is 13.0. The Morgan fingerprint density at radius 2 is 1.59 bits per heavy atom. The number of carbonyl (C=O) groups excluding carboxylic acids is 3. The molecule has 2 bridgehead atoms. The van der Waals surface area contributed by atoms with Gasteiger partial charge in [0.25, 0.3) is 11.1 Å². The van der Waals surface area contributed by atoms with Crippen molar-refractivity contribution in [3.8, 4) is 10.9 Å². The largest absolute Gasteiger partial charge is 0.487 e. The van der Waals surface area contributed by atoms with Crippen molar-refractivity contribution in [2.24, 2.45) is 0 Å². The topological polar surface area (TPSA) is 111 Å². The Kier molecular flexibility index (Phi) is 12.4. The Labute approximate surface area is 345 Å². The maximum atomic E-state index is 15.2. The molecule has 1 saturated carbocycles. The number of benzene rings is 2. The Balaban J connectivity index is 1.37. The van der Waals surface area contributed by atoms with Crippen molar-refractivity contribution in [3.05, 3.63) is 79.0 Å². The van der Waals surface area contributed by atoms with Gasteiger partial charge >= 0.3 is 12.2 Å². The smallest absolute Gasteiger partial charge is 0.411 e. The molecule has 3 amide bonds. The van der Waals surface area contributed by atoms with Crippen LogP contribution in [0.25, 0.3) is 5.57 Å². The number of aryl methyl sites for hydroxylation is 1. The van der Waals surface area contributed by atoms with Crippen LogP contribution in [0.2, 0.25) is 15.1 Å². The van der Waals surface area contributed by atoms with Gasteiger partial charge < -0.3 is 28.7 Å². The summed E-state index contributed by atoms with van der Waals surface area (Å²) < 4.78 is 38.1. The van der Waals surface area contributed by atoms with Gasteiger partial charge in [0.05, 0.1) is 32.0 Å². The predicted octanol–water partition coefficient (Wildman–Crippen LogP) is 9.58. The fraction of sp³-hybridized carbons (Fsp3) is 0.500. The van der Waals surface area contributed by atoms with Gasteiger partial charge in [0.2, 0.25) is 0 Å². The zero-order valence-corrected chi connectivity index (χ0v) is 35.5. The van der Waals surface area contributed by atoms with Crippen LogP contribution in [0.1, 0.15) is 76.8 Å². The maximum Gasteiger partial charge on any atom is 0.411 e. The van der Waals surface area contributed by atoms with Crippen LogP contribution in [0.15, 0.2) is 42.1 Å². The van der Waals surface area contributed by atoms with Crippen LogP contribution in [0, 0.1) is 12.7 Å². The molecule has 3 aliphatic rings. The van der Waals surface area contributed by atoms with E-state index in [0.29, 0.717) is 42.6 Å². The average Bonchev–Trinajstić information content (AvgIpc) is 3.82. The second-order valence-corrected chi connectivity index (χ2v) is 18.3. The second-order valence-electron chi connectivity index (χ2n) is 16.2. The summed E-state index contributed by atoms with van der Waals surface area (Å²) in [6, 6.07) is 6.41. The van der Waals surface area contributed by atoms with E-state index in [2.05, 4.69) is 4.98 Å². The minimum absolute atomic E-state index is 0.0297. The summed E-state index contributed by atoms with van der Waals surface area (Å²) in [6.07, 6.45) is 2.18. The third kappa shape index (κ3) is 9.84. The number of piperazine rings is 1. The number of halogens is 4. The molecule has 0 spiro atoms. The third-order valence-electron chi connectivity index (χ3n) is 9.24. The Morgan fingerprint density at radius 3 is 2.23 bits per heavy atom. The van der Waals surface area contributed by atoms with Crippen molar-refractivity contribution in [2.45, 2.75) is 104 Å². The number of hydrogen-bond donors (Lipinski definition) is 0. The first-order chi connectivity index (χ1) is 26.3. The number of nitrogens with zero attached hydrogens (tertiary/aromatic N) is 4. The van der Waals surface area contributed by atoms with Crippen molar-refractivity contribution < 1.29 is 37.7 Å². The zero-order chi connectivity index (χ0) is 40.7. The van der Waals surface area contributed by atoms with Crippen molar-refractivity contribution in [2.75, 3.05) is 26.3 Å². The lowest BCUT2D eigenvalue weighted by Gasteiger charge is -2.51. The molecule has 0 radical (unpaired) electrons. The van der Waals surface area contributed by atoms with Gasteiger partial charge in [-0.25, -0.2) is 19.0 Å². The third-order valence-corrected chi connectivity index (χ3v) is 11.2. The highest BCUT2D eigenvalue weighted by Gasteiger charge is 2.51. The lowest BCUT2D eigenvalue weighted by molar-refractivity contribution is -0.129. The molecule has 1 aliphatic carbocycles. The van der Waals surface area contributed by atoms with Crippen LogP contribution in [0.4, 0.5) is 14.0 Å². The molecule has 2 unspecified atom stereocenters.